The van der Waals surface area contributed by atoms with Gasteiger partial charge in [-0.15, -0.1) is 0 Å². The Morgan fingerprint density at radius 2 is 2.11 bits per heavy atom. The van der Waals surface area contributed by atoms with Crippen molar-refractivity contribution in [1.29, 1.82) is 0 Å². The van der Waals surface area contributed by atoms with Gasteiger partial charge in [-0.05, 0) is 53.0 Å². The number of carboxylic acids is 1. The predicted octanol–water partition coefficient (Wildman–Crippen LogP) is 3.73. The molecule has 5 heteroatoms. The highest BCUT2D eigenvalue weighted by molar-refractivity contribution is 9.10. The van der Waals surface area contributed by atoms with Gasteiger partial charge in [0.1, 0.15) is 0 Å². The van der Waals surface area contributed by atoms with Crippen LogP contribution in [0.25, 0.3) is 6.08 Å². The summed E-state index contributed by atoms with van der Waals surface area (Å²) in [6.07, 6.45) is 3.50. The van der Waals surface area contributed by atoms with E-state index in [1.807, 2.05) is 13.8 Å². The second-order valence-corrected chi connectivity index (χ2v) is 4.64. The number of carbonyl (C=O) groups is 1. The zero-order valence-corrected chi connectivity index (χ0v) is 12.6. The topological polar surface area (TPSA) is 55.8 Å². The average Bonchev–Trinajstić information content (AvgIpc) is 2.36. The van der Waals surface area contributed by atoms with Gasteiger partial charge in [-0.2, -0.15) is 0 Å². The molecular weight excluding hydrogens is 312 g/mol. The van der Waals surface area contributed by atoms with E-state index in [4.69, 9.17) is 14.6 Å². The third kappa shape index (κ3) is 4.95. The highest BCUT2D eigenvalue weighted by atomic mass is 79.9. The molecule has 1 N–H and O–H groups in total. The molecule has 0 aliphatic carbocycles. The van der Waals surface area contributed by atoms with Gasteiger partial charge in [0.25, 0.3) is 0 Å². The Kier molecular flexibility index (Phi) is 6.42. The summed E-state index contributed by atoms with van der Waals surface area (Å²) < 4.78 is 11.9. The van der Waals surface area contributed by atoms with Crippen molar-refractivity contribution < 1.29 is 19.4 Å². The number of ether oxygens (including phenoxy) is 2. The summed E-state index contributed by atoms with van der Waals surface area (Å²) in [6.45, 7) is 5.03. The monoisotopic (exact) mass is 328 g/mol. The van der Waals surface area contributed by atoms with Gasteiger partial charge >= 0.3 is 5.97 Å². The van der Waals surface area contributed by atoms with E-state index in [1.54, 1.807) is 12.1 Å². The molecule has 0 heterocycles. The Balaban J connectivity index is 3.08. The van der Waals surface area contributed by atoms with Gasteiger partial charge in [-0.1, -0.05) is 6.92 Å². The third-order valence-corrected chi connectivity index (χ3v) is 2.79. The first-order valence-electron chi connectivity index (χ1n) is 6.08. The largest absolute Gasteiger partial charge is 0.490 e. The van der Waals surface area contributed by atoms with Crippen LogP contribution in [0.15, 0.2) is 22.7 Å². The second kappa shape index (κ2) is 7.84. The molecule has 4 nitrogen and oxygen atoms in total. The molecule has 0 aliphatic rings. The number of carboxylic acid groups (broad SMARTS) is 1. The normalized spacial score (nSPS) is 10.7. The molecule has 104 valence electrons. The molecule has 0 saturated heterocycles. The number of hydrogen-bond acceptors (Lipinski definition) is 3. The summed E-state index contributed by atoms with van der Waals surface area (Å²) >= 11 is 3.42. The van der Waals surface area contributed by atoms with Crippen molar-refractivity contribution in [3.05, 3.63) is 28.2 Å². The minimum atomic E-state index is -0.986. The molecule has 0 atom stereocenters. The number of rotatable bonds is 7. The van der Waals surface area contributed by atoms with Crippen molar-refractivity contribution in [3.8, 4) is 11.5 Å². The number of benzene rings is 1. The van der Waals surface area contributed by atoms with Crippen molar-refractivity contribution in [2.24, 2.45) is 0 Å². The molecule has 0 spiro atoms. The van der Waals surface area contributed by atoms with E-state index in [1.165, 1.54) is 6.08 Å². The Bertz CT molecular complexity index is 469. The standard InChI is InChI=1S/C14H17BrO4/c1-3-7-19-14-11(15)8-10(5-6-13(16)17)9-12(14)18-4-2/h5-6,8-9H,3-4,7H2,1-2H3,(H,16,17). The van der Waals surface area contributed by atoms with Gasteiger partial charge < -0.3 is 14.6 Å². The molecule has 0 fully saturated rings. The molecule has 1 aromatic rings. The van der Waals surface area contributed by atoms with Crippen LogP contribution in [0.4, 0.5) is 0 Å². The quantitative estimate of drug-likeness (QED) is 0.775. The zero-order valence-electron chi connectivity index (χ0n) is 11.0. The lowest BCUT2D eigenvalue weighted by Crippen LogP contribution is -2.01. The first kappa shape index (κ1) is 15.6. The zero-order chi connectivity index (χ0) is 14.3. The summed E-state index contributed by atoms with van der Waals surface area (Å²) in [5, 5.41) is 8.63. The summed E-state index contributed by atoms with van der Waals surface area (Å²) in [5.74, 6) is 0.270. The van der Waals surface area contributed by atoms with E-state index in [0.717, 1.165) is 22.5 Å². The molecule has 0 aromatic heterocycles. The smallest absolute Gasteiger partial charge is 0.328 e. The molecule has 0 radical (unpaired) electrons. The van der Waals surface area contributed by atoms with Crippen LogP contribution in [0.1, 0.15) is 25.8 Å². The average molecular weight is 329 g/mol. The lowest BCUT2D eigenvalue weighted by molar-refractivity contribution is -0.131. The van der Waals surface area contributed by atoms with E-state index in [2.05, 4.69) is 15.9 Å². The van der Waals surface area contributed by atoms with E-state index in [0.29, 0.717) is 24.7 Å². The first-order valence-corrected chi connectivity index (χ1v) is 6.87. The van der Waals surface area contributed by atoms with Crippen LogP contribution in [0, 0.1) is 0 Å². The predicted molar refractivity (Wildman–Crippen MR) is 77.8 cm³/mol. The van der Waals surface area contributed by atoms with E-state index < -0.39 is 5.97 Å². The van der Waals surface area contributed by atoms with Crippen LogP contribution in [0.5, 0.6) is 11.5 Å². The van der Waals surface area contributed by atoms with Crippen molar-refractivity contribution >= 4 is 28.0 Å². The Morgan fingerprint density at radius 3 is 2.68 bits per heavy atom. The van der Waals surface area contributed by atoms with E-state index >= 15 is 0 Å². The van der Waals surface area contributed by atoms with Crippen LogP contribution in [-0.4, -0.2) is 24.3 Å². The van der Waals surface area contributed by atoms with Crippen LogP contribution >= 0.6 is 15.9 Å². The highest BCUT2D eigenvalue weighted by Crippen LogP contribution is 2.37. The molecule has 1 aromatic carbocycles. The number of hydrogen-bond donors (Lipinski definition) is 1. The third-order valence-electron chi connectivity index (χ3n) is 2.20. The van der Waals surface area contributed by atoms with Crippen molar-refractivity contribution in [3.63, 3.8) is 0 Å². The van der Waals surface area contributed by atoms with Gasteiger partial charge in [0.05, 0.1) is 17.7 Å². The molecule has 0 bridgehead atoms. The molecule has 1 rings (SSSR count). The maximum atomic E-state index is 10.5. The SMILES string of the molecule is CCCOc1c(Br)cc(C=CC(=O)O)cc1OCC. The van der Waals surface area contributed by atoms with Gasteiger partial charge in [0, 0.05) is 6.08 Å². The van der Waals surface area contributed by atoms with Crippen LogP contribution in [-0.2, 0) is 4.79 Å². The molecule has 0 saturated carbocycles. The lowest BCUT2D eigenvalue weighted by Gasteiger charge is -2.14. The van der Waals surface area contributed by atoms with Crippen molar-refractivity contribution in [2.75, 3.05) is 13.2 Å². The molecule has 0 amide bonds. The fourth-order valence-corrected chi connectivity index (χ4v) is 2.03. The minimum Gasteiger partial charge on any atom is -0.490 e. The first-order chi connectivity index (χ1) is 9.08. The Hall–Kier alpha value is -1.49. The van der Waals surface area contributed by atoms with Crippen LogP contribution < -0.4 is 9.47 Å². The summed E-state index contributed by atoms with van der Waals surface area (Å²) in [6, 6.07) is 3.56. The maximum absolute atomic E-state index is 10.5. The highest BCUT2D eigenvalue weighted by Gasteiger charge is 2.11. The fraction of sp³-hybridized carbons (Fsp3) is 0.357. The van der Waals surface area contributed by atoms with E-state index in [-0.39, 0.29) is 0 Å². The number of halogens is 1. The van der Waals surface area contributed by atoms with Crippen LogP contribution in [0.3, 0.4) is 0 Å². The molecule has 0 aliphatic heterocycles. The second-order valence-electron chi connectivity index (χ2n) is 3.78. The molecule has 19 heavy (non-hydrogen) atoms. The van der Waals surface area contributed by atoms with Gasteiger partial charge in [0.15, 0.2) is 11.5 Å². The van der Waals surface area contributed by atoms with Crippen molar-refractivity contribution in [1.82, 2.24) is 0 Å². The molecule has 0 unspecified atom stereocenters. The van der Waals surface area contributed by atoms with Gasteiger partial charge in [0.2, 0.25) is 0 Å². The Morgan fingerprint density at radius 1 is 1.37 bits per heavy atom. The van der Waals surface area contributed by atoms with E-state index in [9.17, 15) is 4.79 Å². The minimum absolute atomic E-state index is 0.515. The molecular formula is C14H17BrO4. The van der Waals surface area contributed by atoms with Crippen LogP contribution in [0.2, 0.25) is 0 Å². The number of aliphatic carboxylic acids is 1. The Labute approximate surface area is 121 Å². The van der Waals surface area contributed by atoms with Crippen molar-refractivity contribution in [2.45, 2.75) is 20.3 Å². The fourth-order valence-electron chi connectivity index (χ4n) is 1.46. The van der Waals surface area contributed by atoms with Gasteiger partial charge in [-0.3, -0.25) is 0 Å². The summed E-state index contributed by atoms with van der Waals surface area (Å²) in [5.41, 5.74) is 0.738. The lowest BCUT2D eigenvalue weighted by atomic mass is 10.2. The summed E-state index contributed by atoms with van der Waals surface area (Å²) in [7, 11) is 0. The summed E-state index contributed by atoms with van der Waals surface area (Å²) in [4.78, 5) is 10.5. The maximum Gasteiger partial charge on any atom is 0.328 e. The van der Waals surface area contributed by atoms with Gasteiger partial charge in [-0.25, -0.2) is 4.79 Å².